The minimum atomic E-state index is -0.149. The third-order valence-corrected chi connectivity index (χ3v) is 3.91. The van der Waals surface area contributed by atoms with Crippen LogP contribution in [0.1, 0.15) is 11.3 Å². The van der Waals surface area contributed by atoms with E-state index >= 15 is 0 Å². The second-order valence-corrected chi connectivity index (χ2v) is 5.72. The van der Waals surface area contributed by atoms with Gasteiger partial charge in [-0.1, -0.05) is 6.07 Å². The summed E-state index contributed by atoms with van der Waals surface area (Å²) in [5, 5.41) is 2.88. The Morgan fingerprint density at radius 2 is 2.17 bits per heavy atom. The number of nitrogens with zero attached hydrogens (tertiary/aromatic N) is 3. The van der Waals surface area contributed by atoms with Crippen LogP contribution in [0.3, 0.4) is 0 Å². The van der Waals surface area contributed by atoms with Gasteiger partial charge in [0.15, 0.2) is 0 Å². The number of nitrogens with one attached hydrogen (secondary N) is 1. The van der Waals surface area contributed by atoms with Crippen LogP contribution in [-0.4, -0.2) is 49.3 Å². The topological polar surface area (TPSA) is 70.8 Å². The first-order chi connectivity index (χ1) is 11.7. The third kappa shape index (κ3) is 4.26. The number of morpholine rings is 1. The summed E-state index contributed by atoms with van der Waals surface area (Å²) >= 11 is 0. The molecule has 0 unspecified atom stereocenters. The maximum absolute atomic E-state index is 12.1. The molecule has 0 saturated carbocycles. The van der Waals surface area contributed by atoms with Crippen LogP contribution in [0.15, 0.2) is 41.1 Å². The van der Waals surface area contributed by atoms with Gasteiger partial charge in [0, 0.05) is 32.9 Å². The van der Waals surface area contributed by atoms with Crippen molar-refractivity contribution in [1.29, 1.82) is 0 Å². The van der Waals surface area contributed by atoms with E-state index < -0.39 is 0 Å². The first-order valence-electron chi connectivity index (χ1n) is 8.01. The fraction of sp³-hybridized carbons (Fsp3) is 0.412. The number of aromatic nitrogens is 1. The first-order valence-corrected chi connectivity index (χ1v) is 8.01. The zero-order chi connectivity index (χ0) is 16.8. The van der Waals surface area contributed by atoms with E-state index in [9.17, 15) is 4.79 Å². The lowest BCUT2D eigenvalue weighted by molar-refractivity contribution is 0.122. The molecule has 0 spiro atoms. The van der Waals surface area contributed by atoms with Gasteiger partial charge in [-0.15, -0.1) is 0 Å². The average molecular weight is 330 g/mol. The maximum atomic E-state index is 12.1. The van der Waals surface area contributed by atoms with E-state index in [1.165, 1.54) is 0 Å². The largest absolute Gasteiger partial charge is 0.467 e. The summed E-state index contributed by atoms with van der Waals surface area (Å²) in [7, 11) is 1.73. The minimum absolute atomic E-state index is 0.149. The summed E-state index contributed by atoms with van der Waals surface area (Å²) in [6.07, 6.45) is 3.40. The highest BCUT2D eigenvalue weighted by Crippen LogP contribution is 2.13. The average Bonchev–Trinajstić information content (AvgIpc) is 3.14. The molecule has 0 aliphatic carbocycles. The highest BCUT2D eigenvalue weighted by molar-refractivity contribution is 5.73. The number of hydrogen-bond donors (Lipinski definition) is 1. The lowest BCUT2D eigenvalue weighted by Crippen LogP contribution is -2.37. The number of carbonyl (C=O) groups is 1. The molecule has 1 aliphatic rings. The van der Waals surface area contributed by atoms with Crippen molar-refractivity contribution < 1.29 is 13.9 Å². The molecule has 2 aromatic heterocycles. The zero-order valence-corrected chi connectivity index (χ0v) is 13.8. The van der Waals surface area contributed by atoms with Crippen molar-refractivity contribution in [3.05, 3.63) is 48.0 Å². The highest BCUT2D eigenvalue weighted by Gasteiger charge is 2.13. The van der Waals surface area contributed by atoms with Crippen LogP contribution >= 0.6 is 0 Å². The summed E-state index contributed by atoms with van der Waals surface area (Å²) in [4.78, 5) is 20.3. The number of furan rings is 1. The van der Waals surface area contributed by atoms with Gasteiger partial charge < -0.3 is 24.3 Å². The molecule has 0 radical (unpaired) electrons. The molecule has 7 heteroatoms. The Hall–Kier alpha value is -2.54. The Balaban J connectivity index is 1.48. The van der Waals surface area contributed by atoms with Crippen LogP contribution in [0.25, 0.3) is 0 Å². The maximum Gasteiger partial charge on any atom is 0.317 e. The monoisotopic (exact) mass is 330 g/mol. The van der Waals surface area contributed by atoms with Crippen molar-refractivity contribution in [1.82, 2.24) is 15.2 Å². The summed E-state index contributed by atoms with van der Waals surface area (Å²) in [5.41, 5.74) is 0.965. The predicted octanol–water partition coefficient (Wildman–Crippen LogP) is 1.85. The number of rotatable bonds is 5. The number of pyridine rings is 1. The number of amides is 2. The minimum Gasteiger partial charge on any atom is -0.467 e. The Morgan fingerprint density at radius 3 is 2.83 bits per heavy atom. The molecule has 0 bridgehead atoms. The molecule has 1 N–H and O–H groups in total. The predicted molar refractivity (Wildman–Crippen MR) is 89.7 cm³/mol. The third-order valence-electron chi connectivity index (χ3n) is 3.91. The van der Waals surface area contributed by atoms with Gasteiger partial charge in [-0.2, -0.15) is 0 Å². The normalized spacial score (nSPS) is 14.5. The number of anilines is 1. The molecule has 2 amide bonds. The molecule has 3 heterocycles. The Morgan fingerprint density at radius 1 is 1.33 bits per heavy atom. The van der Waals surface area contributed by atoms with Gasteiger partial charge >= 0.3 is 6.03 Å². The molecule has 0 atom stereocenters. The van der Waals surface area contributed by atoms with Gasteiger partial charge in [0.1, 0.15) is 11.6 Å². The van der Waals surface area contributed by atoms with Crippen molar-refractivity contribution in [3.63, 3.8) is 0 Å². The molecule has 1 saturated heterocycles. The number of ether oxygens (including phenoxy) is 1. The van der Waals surface area contributed by atoms with Gasteiger partial charge in [0.25, 0.3) is 0 Å². The Labute approximate surface area is 141 Å². The molecule has 7 nitrogen and oxygen atoms in total. The molecule has 0 aromatic carbocycles. The molecular formula is C17H22N4O3. The van der Waals surface area contributed by atoms with E-state index in [2.05, 4.69) is 15.2 Å². The Bertz CT molecular complexity index is 636. The fourth-order valence-corrected chi connectivity index (χ4v) is 2.52. The SMILES string of the molecule is CN(Cc1ccco1)C(=O)NCc1ccc(N2CCOCC2)nc1. The number of carbonyl (C=O) groups excluding carboxylic acids is 1. The van der Waals surface area contributed by atoms with Crippen molar-refractivity contribution in [2.24, 2.45) is 0 Å². The molecule has 3 rings (SSSR count). The van der Waals surface area contributed by atoms with Crippen LogP contribution in [-0.2, 0) is 17.8 Å². The number of urea groups is 1. The van der Waals surface area contributed by atoms with Gasteiger partial charge in [-0.25, -0.2) is 9.78 Å². The van der Waals surface area contributed by atoms with Gasteiger partial charge in [0.2, 0.25) is 0 Å². The smallest absolute Gasteiger partial charge is 0.317 e. The molecular weight excluding hydrogens is 308 g/mol. The van der Waals surface area contributed by atoms with E-state index in [1.807, 2.05) is 24.3 Å². The van der Waals surface area contributed by atoms with Crippen LogP contribution < -0.4 is 10.2 Å². The second-order valence-electron chi connectivity index (χ2n) is 5.72. The van der Waals surface area contributed by atoms with E-state index in [4.69, 9.17) is 9.15 Å². The Kier molecular flexibility index (Phi) is 5.32. The quantitative estimate of drug-likeness (QED) is 0.906. The van der Waals surface area contributed by atoms with Crippen molar-refractivity contribution in [2.45, 2.75) is 13.1 Å². The van der Waals surface area contributed by atoms with Crippen molar-refractivity contribution in [3.8, 4) is 0 Å². The van der Waals surface area contributed by atoms with Crippen molar-refractivity contribution >= 4 is 11.8 Å². The second kappa shape index (κ2) is 7.83. The molecule has 2 aromatic rings. The fourth-order valence-electron chi connectivity index (χ4n) is 2.52. The van der Waals surface area contributed by atoms with E-state index in [1.54, 1.807) is 24.4 Å². The lowest BCUT2D eigenvalue weighted by Gasteiger charge is -2.27. The standard InChI is InChI=1S/C17H22N4O3/c1-20(13-15-3-2-8-24-15)17(22)19-12-14-4-5-16(18-11-14)21-6-9-23-10-7-21/h2-5,8,11H,6-7,9-10,12-13H2,1H3,(H,19,22). The first kappa shape index (κ1) is 16.3. The summed E-state index contributed by atoms with van der Waals surface area (Å²) in [5.74, 6) is 1.70. The van der Waals surface area contributed by atoms with E-state index in [-0.39, 0.29) is 6.03 Å². The summed E-state index contributed by atoms with van der Waals surface area (Å²) in [6.45, 7) is 4.08. The van der Waals surface area contributed by atoms with Gasteiger partial charge in [-0.05, 0) is 23.8 Å². The van der Waals surface area contributed by atoms with Crippen LogP contribution in [0.4, 0.5) is 10.6 Å². The van der Waals surface area contributed by atoms with Crippen LogP contribution in [0.2, 0.25) is 0 Å². The molecule has 1 fully saturated rings. The molecule has 128 valence electrons. The zero-order valence-electron chi connectivity index (χ0n) is 13.8. The van der Waals surface area contributed by atoms with Gasteiger partial charge in [-0.3, -0.25) is 0 Å². The van der Waals surface area contributed by atoms with E-state index in [0.29, 0.717) is 13.1 Å². The van der Waals surface area contributed by atoms with Crippen LogP contribution in [0, 0.1) is 0 Å². The summed E-state index contributed by atoms with van der Waals surface area (Å²) < 4.78 is 10.6. The molecule has 24 heavy (non-hydrogen) atoms. The lowest BCUT2D eigenvalue weighted by atomic mass is 10.2. The number of hydrogen-bond acceptors (Lipinski definition) is 5. The molecule has 1 aliphatic heterocycles. The van der Waals surface area contributed by atoms with Gasteiger partial charge in [0.05, 0.1) is 26.0 Å². The van der Waals surface area contributed by atoms with Crippen molar-refractivity contribution in [2.75, 3.05) is 38.3 Å². The van der Waals surface area contributed by atoms with E-state index in [0.717, 1.165) is 43.4 Å². The highest BCUT2D eigenvalue weighted by atomic mass is 16.5. The van der Waals surface area contributed by atoms with Crippen LogP contribution in [0.5, 0.6) is 0 Å². The summed E-state index contributed by atoms with van der Waals surface area (Å²) in [6, 6.07) is 7.48.